The highest BCUT2D eigenvalue weighted by atomic mass is 16.3. The third kappa shape index (κ3) is 3.48. The van der Waals surface area contributed by atoms with E-state index in [1.165, 1.54) is 5.56 Å². The molecule has 0 radical (unpaired) electrons. The van der Waals surface area contributed by atoms with Gasteiger partial charge in [-0.15, -0.1) is 0 Å². The summed E-state index contributed by atoms with van der Waals surface area (Å²) in [4.78, 5) is 9.13. The second kappa shape index (κ2) is 7.10. The molecule has 0 aliphatic rings. The molecule has 0 aliphatic carbocycles. The van der Waals surface area contributed by atoms with E-state index in [2.05, 4.69) is 48.9 Å². The van der Waals surface area contributed by atoms with Gasteiger partial charge in [0.05, 0.1) is 5.69 Å². The van der Waals surface area contributed by atoms with Crippen molar-refractivity contribution in [1.29, 1.82) is 0 Å². The summed E-state index contributed by atoms with van der Waals surface area (Å²) >= 11 is 0. The number of rotatable bonds is 3. The van der Waals surface area contributed by atoms with Crippen LogP contribution < -0.4 is 0 Å². The van der Waals surface area contributed by atoms with Crippen LogP contribution in [0.5, 0.6) is 0 Å². The first-order valence-corrected chi connectivity index (χ1v) is 10.1. The first kappa shape index (κ1) is 16.3. The maximum atomic E-state index is 8.59. The summed E-state index contributed by atoms with van der Waals surface area (Å²) in [5, 5.41) is 1.81. The Labute approximate surface area is 179 Å². The second-order valence-corrected chi connectivity index (χ2v) is 8.53. The lowest BCUT2D eigenvalue weighted by molar-refractivity contribution is 0.589. The molecule has 0 saturated carbocycles. The zero-order valence-corrected chi connectivity index (χ0v) is 17.3. The maximum Gasteiger partial charge on any atom is 0.227 e. The Morgan fingerprint density at radius 3 is 2.53 bits per heavy atom. The van der Waals surface area contributed by atoms with E-state index in [0.29, 0.717) is 17.0 Å². The smallest absolute Gasteiger partial charge is 0.227 e. The van der Waals surface area contributed by atoms with Crippen LogP contribution in [0.4, 0.5) is 0 Å². The van der Waals surface area contributed by atoms with Gasteiger partial charge in [-0.05, 0) is 59.0 Å². The predicted molar refractivity (Wildman–Crippen MR) is 123 cm³/mol. The number of hydrogen-bond acceptors (Lipinski definition) is 3. The summed E-state index contributed by atoms with van der Waals surface area (Å²) in [7, 11) is 0. The molecule has 0 N–H and O–H groups in total. The summed E-state index contributed by atoms with van der Waals surface area (Å²) in [5.74, 6) is 0. The molecule has 3 heteroatoms. The molecule has 0 bridgehead atoms. The SMILES string of the molecule is [2H]C([2H])(c1ccccc1)c1ccc2c(n1)oc1ccc(-c3cc(C(C)(C)C)ccn3)cc12. The Morgan fingerprint density at radius 1 is 0.900 bits per heavy atom. The Hall–Kier alpha value is -3.46. The van der Waals surface area contributed by atoms with Crippen molar-refractivity contribution in [1.82, 2.24) is 9.97 Å². The third-order valence-corrected chi connectivity index (χ3v) is 5.30. The van der Waals surface area contributed by atoms with Gasteiger partial charge in [0.25, 0.3) is 0 Å². The summed E-state index contributed by atoms with van der Waals surface area (Å²) in [6.45, 7) is 6.57. The molecule has 5 rings (SSSR count). The van der Waals surface area contributed by atoms with Crippen LogP contribution >= 0.6 is 0 Å². The number of hydrogen-bond donors (Lipinski definition) is 0. The Bertz CT molecular complexity index is 1430. The predicted octanol–water partition coefficient (Wildman–Crippen LogP) is 6.93. The van der Waals surface area contributed by atoms with Crippen molar-refractivity contribution in [2.75, 3.05) is 0 Å². The summed E-state index contributed by atoms with van der Waals surface area (Å²) in [6.07, 6.45) is 0.143. The van der Waals surface area contributed by atoms with E-state index in [0.717, 1.165) is 27.6 Å². The quantitative estimate of drug-likeness (QED) is 0.333. The van der Waals surface area contributed by atoms with Gasteiger partial charge in [0.2, 0.25) is 5.71 Å². The largest absolute Gasteiger partial charge is 0.438 e. The fourth-order valence-electron chi connectivity index (χ4n) is 3.61. The highest BCUT2D eigenvalue weighted by Gasteiger charge is 2.16. The fraction of sp³-hybridized carbons (Fsp3) is 0.185. The second-order valence-electron chi connectivity index (χ2n) is 8.53. The molecule has 0 aliphatic heterocycles. The topological polar surface area (TPSA) is 38.9 Å². The fourth-order valence-corrected chi connectivity index (χ4v) is 3.61. The minimum absolute atomic E-state index is 0.0439. The minimum Gasteiger partial charge on any atom is -0.438 e. The van der Waals surface area contributed by atoms with Crippen molar-refractivity contribution in [2.45, 2.75) is 32.6 Å². The number of benzene rings is 2. The van der Waals surface area contributed by atoms with E-state index in [1.807, 2.05) is 42.6 Å². The van der Waals surface area contributed by atoms with Gasteiger partial charge in [-0.1, -0.05) is 51.1 Å². The minimum atomic E-state index is -1.71. The molecule has 5 aromatic rings. The van der Waals surface area contributed by atoms with E-state index in [9.17, 15) is 0 Å². The van der Waals surface area contributed by atoms with E-state index < -0.39 is 6.37 Å². The average molecular weight is 395 g/mol. The van der Waals surface area contributed by atoms with Crippen molar-refractivity contribution in [3.05, 3.63) is 95.8 Å². The summed E-state index contributed by atoms with van der Waals surface area (Å²) < 4.78 is 23.2. The van der Waals surface area contributed by atoms with Crippen LogP contribution in [-0.4, -0.2) is 9.97 Å². The molecule has 2 aromatic carbocycles. The molecule has 3 nitrogen and oxygen atoms in total. The molecular formula is C27H24N2O. The van der Waals surface area contributed by atoms with Crippen molar-refractivity contribution < 1.29 is 7.16 Å². The highest BCUT2D eigenvalue weighted by Crippen LogP contribution is 2.32. The molecule has 0 saturated heterocycles. The molecule has 148 valence electrons. The lowest BCUT2D eigenvalue weighted by Crippen LogP contribution is -2.11. The van der Waals surface area contributed by atoms with Crippen molar-refractivity contribution in [2.24, 2.45) is 0 Å². The third-order valence-electron chi connectivity index (χ3n) is 5.30. The van der Waals surface area contributed by atoms with Crippen LogP contribution in [0.25, 0.3) is 33.3 Å². The summed E-state index contributed by atoms with van der Waals surface area (Å²) in [6, 6.07) is 22.9. The molecule has 0 unspecified atom stereocenters. The Morgan fingerprint density at radius 2 is 1.73 bits per heavy atom. The number of furan rings is 1. The van der Waals surface area contributed by atoms with Gasteiger partial charge in [0, 0.05) is 37.3 Å². The molecule has 0 spiro atoms. The molecule has 3 heterocycles. The van der Waals surface area contributed by atoms with Crippen LogP contribution in [0.1, 0.15) is 40.3 Å². The monoisotopic (exact) mass is 394 g/mol. The van der Waals surface area contributed by atoms with E-state index in [1.54, 1.807) is 18.2 Å². The number of fused-ring (bicyclic) bond motifs is 3. The van der Waals surface area contributed by atoms with Crippen molar-refractivity contribution >= 4 is 22.1 Å². The normalized spacial score (nSPS) is 13.4. The lowest BCUT2D eigenvalue weighted by atomic mass is 9.87. The molecule has 3 aromatic heterocycles. The number of nitrogens with zero attached hydrogens (tertiary/aromatic N) is 2. The average Bonchev–Trinajstić information content (AvgIpc) is 3.16. The van der Waals surface area contributed by atoms with Crippen LogP contribution in [0.3, 0.4) is 0 Å². The summed E-state index contributed by atoms with van der Waals surface area (Å²) in [5.41, 5.74) is 5.25. The molecular weight excluding hydrogens is 368 g/mol. The standard InChI is InChI=1S/C27H24N2O/c1-27(2,3)20-13-14-28-24(17-20)19-9-12-25-23(16-19)22-11-10-21(29-26(22)30-25)15-18-7-5-4-6-8-18/h4-14,16-17H,15H2,1-3H3/i15D2. The lowest BCUT2D eigenvalue weighted by Gasteiger charge is -2.19. The first-order valence-electron chi connectivity index (χ1n) is 11.1. The van der Waals surface area contributed by atoms with Gasteiger partial charge in [0.15, 0.2) is 0 Å². The highest BCUT2D eigenvalue weighted by molar-refractivity contribution is 6.05. The number of aromatic nitrogens is 2. The van der Waals surface area contributed by atoms with Gasteiger partial charge in [-0.3, -0.25) is 4.98 Å². The van der Waals surface area contributed by atoms with Crippen LogP contribution in [0.2, 0.25) is 0 Å². The zero-order valence-electron chi connectivity index (χ0n) is 19.3. The van der Waals surface area contributed by atoms with E-state index >= 15 is 0 Å². The molecule has 0 fully saturated rings. The number of pyridine rings is 2. The van der Waals surface area contributed by atoms with Crippen LogP contribution in [0, 0.1) is 0 Å². The molecule has 30 heavy (non-hydrogen) atoms. The van der Waals surface area contributed by atoms with Gasteiger partial charge in [-0.25, -0.2) is 4.98 Å². The molecule has 0 atom stereocenters. The molecule has 0 amide bonds. The van der Waals surface area contributed by atoms with Gasteiger partial charge >= 0.3 is 0 Å². The van der Waals surface area contributed by atoms with Crippen molar-refractivity contribution in [3.8, 4) is 11.3 Å². The van der Waals surface area contributed by atoms with Crippen LogP contribution in [-0.2, 0) is 11.8 Å². The zero-order chi connectivity index (χ0) is 22.5. The van der Waals surface area contributed by atoms with Gasteiger partial charge < -0.3 is 4.42 Å². The van der Waals surface area contributed by atoms with Crippen molar-refractivity contribution in [3.63, 3.8) is 0 Å². The van der Waals surface area contributed by atoms with Crippen LogP contribution in [0.15, 0.2) is 83.4 Å². The van der Waals surface area contributed by atoms with E-state index in [4.69, 9.17) is 7.16 Å². The maximum absolute atomic E-state index is 8.59. The van der Waals surface area contributed by atoms with Gasteiger partial charge in [-0.2, -0.15) is 0 Å². The van der Waals surface area contributed by atoms with E-state index in [-0.39, 0.29) is 5.41 Å². The Kier molecular flexibility index (Phi) is 3.87. The Balaban J connectivity index is 1.60. The van der Waals surface area contributed by atoms with Gasteiger partial charge in [0.1, 0.15) is 5.58 Å². The first-order chi connectivity index (χ1) is 15.2.